The molecule has 12 heteroatoms. The molecule has 0 saturated heterocycles. The van der Waals surface area contributed by atoms with E-state index in [9.17, 15) is 22.4 Å². The summed E-state index contributed by atoms with van der Waals surface area (Å²) in [6.07, 6.45) is 3.40. The maximum absolute atomic E-state index is 13.5. The highest BCUT2D eigenvalue weighted by Crippen LogP contribution is 2.32. The van der Waals surface area contributed by atoms with Crippen molar-refractivity contribution in [3.05, 3.63) is 76.2 Å². The molecule has 9 nitrogen and oxygen atoms in total. The molecule has 1 N–H and O–H groups in total. The van der Waals surface area contributed by atoms with Crippen LogP contribution in [0.5, 0.6) is 5.88 Å². The molecule has 0 aliphatic rings. The first kappa shape index (κ1) is 29.2. The average Bonchev–Trinajstić information content (AvgIpc) is 2.93. The fourth-order valence-corrected chi connectivity index (χ4v) is 5.90. The van der Waals surface area contributed by atoms with Gasteiger partial charge in [-0.05, 0) is 47.9 Å². The predicted molar refractivity (Wildman–Crippen MR) is 152 cm³/mol. The number of anilines is 1. The summed E-state index contributed by atoms with van der Waals surface area (Å²) >= 11 is 5.98. The minimum absolute atomic E-state index is 0.0000968. The number of carbonyl (C=O) groups is 1. The van der Waals surface area contributed by atoms with Gasteiger partial charge in [-0.25, -0.2) is 22.8 Å². The number of nitrogens with zero attached hydrogens (tertiary/aromatic N) is 3. The summed E-state index contributed by atoms with van der Waals surface area (Å²) in [4.78, 5) is 33.8. The number of halogens is 2. The molecule has 4 rings (SSSR count). The first-order chi connectivity index (χ1) is 18.9. The summed E-state index contributed by atoms with van der Waals surface area (Å²) in [5.41, 5.74) is 1.33. The molecule has 0 aliphatic heterocycles. The molecule has 0 amide bonds. The van der Waals surface area contributed by atoms with Crippen LogP contribution in [0.15, 0.2) is 64.7 Å². The Hall–Kier alpha value is -3.83. The predicted octanol–water partition coefficient (Wildman–Crippen LogP) is 5.31. The number of ketones is 1. The highest BCUT2D eigenvalue weighted by molar-refractivity contribution is 7.92. The van der Waals surface area contributed by atoms with Crippen molar-refractivity contribution in [3.8, 4) is 17.0 Å². The zero-order valence-corrected chi connectivity index (χ0v) is 23.9. The van der Waals surface area contributed by atoms with Gasteiger partial charge in [0.1, 0.15) is 22.2 Å². The molecule has 0 spiro atoms. The lowest BCUT2D eigenvalue weighted by atomic mass is 9.90. The van der Waals surface area contributed by atoms with E-state index in [4.69, 9.17) is 16.3 Å². The van der Waals surface area contributed by atoms with E-state index in [-0.39, 0.29) is 44.7 Å². The van der Waals surface area contributed by atoms with Crippen molar-refractivity contribution >= 4 is 44.0 Å². The molecule has 40 heavy (non-hydrogen) atoms. The lowest BCUT2D eigenvalue weighted by Crippen LogP contribution is -2.28. The van der Waals surface area contributed by atoms with Crippen LogP contribution in [0.4, 0.5) is 10.1 Å². The van der Waals surface area contributed by atoms with Crippen LogP contribution in [0.25, 0.3) is 22.0 Å². The number of ether oxygens (including phenoxy) is 1. The van der Waals surface area contributed by atoms with Gasteiger partial charge in [-0.2, -0.15) is 0 Å². The smallest absolute Gasteiger partial charge is 0.263 e. The van der Waals surface area contributed by atoms with Crippen molar-refractivity contribution < 1.29 is 22.3 Å². The first-order valence-corrected chi connectivity index (χ1v) is 14.4. The van der Waals surface area contributed by atoms with Crippen LogP contribution in [-0.4, -0.2) is 35.8 Å². The Morgan fingerprint density at radius 3 is 2.55 bits per heavy atom. The van der Waals surface area contributed by atoms with Gasteiger partial charge < -0.3 is 4.74 Å². The average molecular weight is 587 g/mol. The van der Waals surface area contributed by atoms with Crippen molar-refractivity contribution in [2.75, 3.05) is 11.8 Å². The molecule has 210 valence electrons. The second-order valence-electron chi connectivity index (χ2n) is 9.48. The molecule has 0 aliphatic carbocycles. The van der Waals surface area contributed by atoms with E-state index in [0.717, 1.165) is 18.2 Å². The van der Waals surface area contributed by atoms with Gasteiger partial charge in [-0.1, -0.05) is 38.4 Å². The van der Waals surface area contributed by atoms with Gasteiger partial charge in [-0.15, -0.1) is 0 Å². The van der Waals surface area contributed by atoms with Crippen molar-refractivity contribution in [2.24, 2.45) is 11.8 Å². The maximum atomic E-state index is 13.5. The Morgan fingerprint density at radius 2 is 1.88 bits per heavy atom. The Labute approximate surface area is 236 Å². The van der Waals surface area contributed by atoms with Gasteiger partial charge in [0.25, 0.3) is 15.6 Å². The first-order valence-electron chi connectivity index (χ1n) is 12.5. The van der Waals surface area contributed by atoms with E-state index >= 15 is 0 Å². The van der Waals surface area contributed by atoms with Crippen molar-refractivity contribution in [2.45, 2.75) is 38.6 Å². The third kappa shape index (κ3) is 6.00. The van der Waals surface area contributed by atoms with Crippen LogP contribution in [0, 0.1) is 17.7 Å². The zero-order valence-electron chi connectivity index (χ0n) is 22.3. The number of Topliss-reactive ketones (excluding diaryl/α,β-unsaturated/α-hetero) is 1. The third-order valence-corrected chi connectivity index (χ3v) is 8.67. The molecule has 0 unspecified atom stereocenters. The number of carbonyl (C=O) groups excluding carboxylic acids is 1. The summed E-state index contributed by atoms with van der Waals surface area (Å²) in [6, 6.07) is 9.55. The summed E-state index contributed by atoms with van der Waals surface area (Å²) in [7, 11) is -2.88. The summed E-state index contributed by atoms with van der Waals surface area (Å²) < 4.78 is 48.6. The van der Waals surface area contributed by atoms with E-state index in [1.54, 1.807) is 18.2 Å². The molecule has 2 aromatic heterocycles. The van der Waals surface area contributed by atoms with Crippen molar-refractivity contribution in [3.63, 3.8) is 0 Å². The molecular formula is C28H28ClFN4O5S. The van der Waals surface area contributed by atoms with Crippen LogP contribution in [0.2, 0.25) is 5.02 Å². The Kier molecular flexibility index (Phi) is 8.55. The molecule has 4 aromatic rings. The topological polar surface area (TPSA) is 120 Å². The molecule has 2 aromatic carbocycles. The second kappa shape index (κ2) is 11.7. The molecule has 2 heterocycles. The number of fused-ring (bicyclic) bond motifs is 1. The largest absolute Gasteiger partial charge is 0.480 e. The van der Waals surface area contributed by atoms with Crippen LogP contribution < -0.4 is 15.0 Å². The summed E-state index contributed by atoms with van der Waals surface area (Å²) in [5, 5.41) is 0.0781. The van der Waals surface area contributed by atoms with Crippen molar-refractivity contribution in [1.82, 2.24) is 14.5 Å². The van der Waals surface area contributed by atoms with Crippen molar-refractivity contribution in [1.29, 1.82) is 0 Å². The van der Waals surface area contributed by atoms with Gasteiger partial charge >= 0.3 is 0 Å². The van der Waals surface area contributed by atoms with Crippen LogP contribution in [0.1, 0.15) is 27.2 Å². The fourth-order valence-electron chi connectivity index (χ4n) is 4.32. The number of sulfonamides is 1. The van der Waals surface area contributed by atoms with Crippen LogP contribution in [-0.2, 0) is 21.4 Å². The normalized spacial score (nSPS) is 13.2. The van der Waals surface area contributed by atoms with E-state index in [2.05, 4.69) is 14.7 Å². The standard InChI is InChI=1S/C28H28ClFN4O5S/c1-5-25(35)17(3)16(2)14-34-15-32-23-8-6-18(10-21(23)28(34)36)19-11-24(27(39-4)31-13-19)33-40(37,38)26-9-7-20(30)12-22(26)29/h6-13,15-17,33H,5,14H2,1-4H3/t16-,17-/m0/s1. The number of rotatable bonds is 10. The molecule has 0 saturated carbocycles. The van der Waals surface area contributed by atoms with E-state index < -0.39 is 15.8 Å². The quantitative estimate of drug-likeness (QED) is 0.267. The van der Waals surface area contributed by atoms with Gasteiger partial charge in [0.15, 0.2) is 0 Å². The molecule has 2 atom stereocenters. The molecule has 0 bridgehead atoms. The lowest BCUT2D eigenvalue weighted by molar-refractivity contribution is -0.123. The molecule has 0 fully saturated rings. The highest BCUT2D eigenvalue weighted by atomic mass is 35.5. The number of hydrogen-bond acceptors (Lipinski definition) is 7. The SMILES string of the molecule is CCC(=O)[C@@H](C)[C@@H](C)Cn1cnc2ccc(-c3cnc(OC)c(NS(=O)(=O)c4ccc(F)cc4Cl)c3)cc2c1=O. The summed E-state index contributed by atoms with van der Waals surface area (Å²) in [6.45, 7) is 5.94. The maximum Gasteiger partial charge on any atom is 0.263 e. The monoisotopic (exact) mass is 586 g/mol. The number of hydrogen-bond donors (Lipinski definition) is 1. The highest BCUT2D eigenvalue weighted by Gasteiger charge is 2.22. The Balaban J connectivity index is 1.71. The number of methoxy groups -OCH3 is 1. The van der Waals surface area contributed by atoms with Gasteiger partial charge in [-0.3, -0.25) is 18.9 Å². The number of aromatic nitrogens is 3. The number of nitrogens with one attached hydrogen (secondary N) is 1. The van der Waals surface area contributed by atoms with Gasteiger partial charge in [0.2, 0.25) is 5.88 Å². The fraction of sp³-hybridized carbons (Fsp3) is 0.286. The number of benzene rings is 2. The van der Waals surface area contributed by atoms with E-state index in [0.29, 0.717) is 35.0 Å². The van der Waals surface area contributed by atoms with Crippen LogP contribution >= 0.6 is 11.6 Å². The molecule has 0 radical (unpaired) electrons. The van der Waals surface area contributed by atoms with E-state index in [1.165, 1.54) is 30.3 Å². The Morgan fingerprint density at radius 1 is 1.12 bits per heavy atom. The van der Waals surface area contributed by atoms with Gasteiger partial charge in [0, 0.05) is 30.6 Å². The third-order valence-electron chi connectivity index (χ3n) is 6.82. The second-order valence-corrected chi connectivity index (χ2v) is 11.5. The lowest BCUT2D eigenvalue weighted by Gasteiger charge is -2.19. The van der Waals surface area contributed by atoms with Gasteiger partial charge in [0.05, 0.1) is 29.4 Å². The minimum Gasteiger partial charge on any atom is -0.480 e. The number of pyridine rings is 1. The Bertz CT molecular complexity index is 1760. The molecular weight excluding hydrogens is 559 g/mol. The summed E-state index contributed by atoms with van der Waals surface area (Å²) in [5.74, 6) is -0.801. The van der Waals surface area contributed by atoms with E-state index in [1.807, 2.05) is 20.8 Å². The van der Waals surface area contributed by atoms with Crippen LogP contribution in [0.3, 0.4) is 0 Å². The zero-order chi connectivity index (χ0) is 29.2. The minimum atomic E-state index is -4.22.